The highest BCUT2D eigenvalue weighted by Crippen LogP contribution is 2.39. The fraction of sp³-hybridized carbons (Fsp3) is 0.200. The maximum Gasteiger partial charge on any atom is 0.337 e. The Balaban J connectivity index is 1.49. The van der Waals surface area contributed by atoms with Crippen LogP contribution in [0.1, 0.15) is 41.1 Å². The predicted molar refractivity (Wildman–Crippen MR) is 134 cm³/mol. The number of allylic oxidation sites excluding steroid dienone is 2. The first-order chi connectivity index (χ1) is 16.7. The lowest BCUT2D eigenvalue weighted by Crippen LogP contribution is -2.11. The zero-order valence-corrected chi connectivity index (χ0v) is 19.2. The maximum absolute atomic E-state index is 11.8. The van der Waals surface area contributed by atoms with Crippen molar-refractivity contribution in [1.29, 1.82) is 0 Å². The van der Waals surface area contributed by atoms with Crippen LogP contribution < -0.4 is 0 Å². The van der Waals surface area contributed by atoms with Gasteiger partial charge in [-0.25, -0.2) is 9.78 Å². The Hall–Kier alpha value is -3.92. The zero-order valence-electron chi connectivity index (χ0n) is 19.2. The van der Waals surface area contributed by atoms with Gasteiger partial charge in [-0.05, 0) is 49.3 Å². The van der Waals surface area contributed by atoms with Crippen LogP contribution in [0.25, 0.3) is 28.2 Å². The Labute approximate surface area is 199 Å². The first-order valence-electron chi connectivity index (χ1n) is 11.7. The summed E-state index contributed by atoms with van der Waals surface area (Å²) in [5.74, 6) is 1.50. The maximum atomic E-state index is 11.8. The molecule has 5 rings (SSSR count). The number of hydrogen-bond donors (Lipinski definition) is 0. The molecule has 0 saturated heterocycles. The topological polar surface area (TPSA) is 52.3 Å². The number of carbonyl (C=O) groups is 1. The molecule has 0 aliphatic heterocycles. The van der Waals surface area contributed by atoms with Crippen molar-refractivity contribution in [3.05, 3.63) is 108 Å². The smallest absolute Gasteiger partial charge is 0.337 e. The van der Waals surface area contributed by atoms with Crippen LogP contribution in [0.15, 0.2) is 95.4 Å². The van der Waals surface area contributed by atoms with Gasteiger partial charge >= 0.3 is 5.97 Å². The lowest BCUT2D eigenvalue weighted by atomic mass is 9.83. The number of aromatic nitrogens is 1. The molecule has 4 aromatic rings. The van der Waals surface area contributed by atoms with Gasteiger partial charge in [0.2, 0.25) is 5.89 Å². The predicted octanol–water partition coefficient (Wildman–Crippen LogP) is 7.22. The second kappa shape index (κ2) is 9.92. The second-order valence-electron chi connectivity index (χ2n) is 8.61. The van der Waals surface area contributed by atoms with Gasteiger partial charge in [-0.2, -0.15) is 0 Å². The van der Waals surface area contributed by atoms with E-state index in [4.69, 9.17) is 14.1 Å². The monoisotopic (exact) mass is 449 g/mol. The van der Waals surface area contributed by atoms with Gasteiger partial charge in [-0.3, -0.25) is 0 Å². The highest BCUT2D eigenvalue weighted by Gasteiger charge is 2.26. The summed E-state index contributed by atoms with van der Waals surface area (Å²) >= 11 is 0. The summed E-state index contributed by atoms with van der Waals surface area (Å²) < 4.78 is 11.3. The summed E-state index contributed by atoms with van der Waals surface area (Å²) in [4.78, 5) is 16.8. The van der Waals surface area contributed by atoms with Crippen LogP contribution in [0.5, 0.6) is 0 Å². The van der Waals surface area contributed by atoms with Gasteiger partial charge < -0.3 is 9.15 Å². The van der Waals surface area contributed by atoms with Gasteiger partial charge in [0.25, 0.3) is 0 Å². The molecule has 0 fully saturated rings. The molecule has 0 bridgehead atoms. The molecule has 1 heterocycles. The fourth-order valence-corrected chi connectivity index (χ4v) is 4.62. The van der Waals surface area contributed by atoms with Gasteiger partial charge in [0.05, 0.1) is 12.7 Å². The Bertz CT molecular complexity index is 1230. The van der Waals surface area contributed by atoms with E-state index in [1.807, 2.05) is 60.7 Å². The molecule has 0 N–H and O–H groups in total. The number of hydrogen-bond acceptors (Lipinski definition) is 4. The van der Waals surface area contributed by atoms with Crippen molar-refractivity contribution in [3.8, 4) is 22.6 Å². The summed E-state index contributed by atoms with van der Waals surface area (Å²) in [5, 5.41) is 0. The number of nitrogens with zero attached hydrogens (tertiary/aromatic N) is 1. The van der Waals surface area contributed by atoms with Gasteiger partial charge in [0, 0.05) is 16.7 Å². The number of esters is 1. The summed E-state index contributed by atoms with van der Waals surface area (Å²) in [7, 11) is 1.40. The quantitative estimate of drug-likeness (QED) is 0.292. The number of oxazole rings is 1. The average molecular weight is 450 g/mol. The standard InChI is InChI=1S/C30H27NO3/c1-33-30(32)24-18-16-21(17-19-24)20-25-14-8-9-15-26(25)29-31-27(22-10-4-2-5-11-22)28(34-29)23-12-6-3-7-13-23/h2-7,10-13,15-19,25H,8-9,14,20H2,1H3. The van der Waals surface area contributed by atoms with Crippen LogP contribution in [-0.4, -0.2) is 18.1 Å². The summed E-state index contributed by atoms with van der Waals surface area (Å²) in [6, 6.07) is 28.1. The van der Waals surface area contributed by atoms with E-state index in [1.165, 1.54) is 18.2 Å². The molecule has 1 aliphatic rings. The highest BCUT2D eigenvalue weighted by molar-refractivity contribution is 5.89. The molecule has 1 aromatic heterocycles. The minimum absolute atomic E-state index is 0.309. The van der Waals surface area contributed by atoms with Crippen molar-refractivity contribution in [1.82, 2.24) is 4.98 Å². The summed E-state index contributed by atoms with van der Waals surface area (Å²) in [6.07, 6.45) is 6.40. The third-order valence-electron chi connectivity index (χ3n) is 6.38. The number of rotatable bonds is 6. The highest BCUT2D eigenvalue weighted by atomic mass is 16.5. The van der Waals surface area contributed by atoms with Crippen molar-refractivity contribution in [3.63, 3.8) is 0 Å². The fourth-order valence-electron chi connectivity index (χ4n) is 4.62. The normalized spacial score (nSPS) is 15.6. The van der Waals surface area contributed by atoms with Crippen LogP contribution >= 0.6 is 0 Å². The van der Waals surface area contributed by atoms with E-state index < -0.39 is 0 Å². The largest absolute Gasteiger partial charge is 0.465 e. The van der Waals surface area contributed by atoms with Gasteiger partial charge in [-0.15, -0.1) is 0 Å². The van der Waals surface area contributed by atoms with E-state index in [0.717, 1.165) is 48.3 Å². The molecule has 1 atom stereocenters. The SMILES string of the molecule is COC(=O)c1ccc(CC2CCCC=C2c2nc(-c3ccccc3)c(-c3ccccc3)o2)cc1. The van der Waals surface area contributed by atoms with E-state index in [1.54, 1.807) is 0 Å². The van der Waals surface area contributed by atoms with Crippen LogP contribution in [-0.2, 0) is 11.2 Å². The van der Waals surface area contributed by atoms with E-state index in [9.17, 15) is 4.79 Å². The molecule has 1 aliphatic carbocycles. The van der Waals surface area contributed by atoms with E-state index >= 15 is 0 Å². The Morgan fingerprint density at radius 2 is 1.62 bits per heavy atom. The molecule has 34 heavy (non-hydrogen) atoms. The van der Waals surface area contributed by atoms with Crippen LogP contribution in [0, 0.1) is 5.92 Å². The number of carbonyl (C=O) groups excluding carboxylic acids is 1. The van der Waals surface area contributed by atoms with E-state index in [-0.39, 0.29) is 5.97 Å². The third-order valence-corrected chi connectivity index (χ3v) is 6.38. The minimum Gasteiger partial charge on any atom is -0.465 e. The molecular formula is C30H27NO3. The molecule has 0 amide bonds. The molecule has 4 heteroatoms. The van der Waals surface area contributed by atoms with Crippen molar-refractivity contribution < 1.29 is 13.9 Å². The number of methoxy groups -OCH3 is 1. The molecular weight excluding hydrogens is 422 g/mol. The third kappa shape index (κ3) is 4.58. The number of benzene rings is 3. The Morgan fingerprint density at radius 3 is 2.29 bits per heavy atom. The summed E-state index contributed by atoms with van der Waals surface area (Å²) in [6.45, 7) is 0. The lowest BCUT2D eigenvalue weighted by molar-refractivity contribution is 0.0600. The van der Waals surface area contributed by atoms with E-state index in [0.29, 0.717) is 17.4 Å². The minimum atomic E-state index is -0.313. The molecule has 3 aromatic carbocycles. The molecule has 170 valence electrons. The molecule has 4 nitrogen and oxygen atoms in total. The Kier molecular flexibility index (Phi) is 6.39. The Morgan fingerprint density at radius 1 is 0.941 bits per heavy atom. The summed E-state index contributed by atoms with van der Waals surface area (Å²) in [5.41, 5.74) is 5.85. The number of ether oxygens (including phenoxy) is 1. The first kappa shape index (κ1) is 21.9. The van der Waals surface area contributed by atoms with Gasteiger partial charge in [0.1, 0.15) is 5.69 Å². The van der Waals surface area contributed by atoms with Crippen LogP contribution in [0.2, 0.25) is 0 Å². The molecule has 0 saturated carbocycles. The molecule has 0 spiro atoms. The van der Waals surface area contributed by atoms with Crippen molar-refractivity contribution in [2.75, 3.05) is 7.11 Å². The van der Waals surface area contributed by atoms with E-state index in [2.05, 4.69) is 30.3 Å². The van der Waals surface area contributed by atoms with Crippen molar-refractivity contribution in [2.24, 2.45) is 5.92 Å². The van der Waals surface area contributed by atoms with Crippen molar-refractivity contribution in [2.45, 2.75) is 25.7 Å². The van der Waals surface area contributed by atoms with Gasteiger partial charge in [-0.1, -0.05) is 78.9 Å². The zero-order chi connectivity index (χ0) is 23.3. The lowest BCUT2D eigenvalue weighted by Gasteiger charge is -2.22. The van der Waals surface area contributed by atoms with Gasteiger partial charge in [0.15, 0.2) is 5.76 Å². The second-order valence-corrected chi connectivity index (χ2v) is 8.61. The van der Waals surface area contributed by atoms with Crippen molar-refractivity contribution >= 4 is 11.5 Å². The van der Waals surface area contributed by atoms with Crippen LogP contribution in [0.4, 0.5) is 0 Å². The molecule has 0 radical (unpaired) electrons. The molecule has 1 unspecified atom stereocenters. The first-order valence-corrected chi connectivity index (χ1v) is 11.7. The van der Waals surface area contributed by atoms with Crippen LogP contribution in [0.3, 0.4) is 0 Å². The average Bonchev–Trinajstić information content (AvgIpc) is 3.35.